The van der Waals surface area contributed by atoms with Crippen molar-refractivity contribution in [2.75, 3.05) is 0 Å². The summed E-state index contributed by atoms with van der Waals surface area (Å²) in [5.41, 5.74) is -0.0697. The first-order valence-electron chi connectivity index (χ1n) is 9.13. The van der Waals surface area contributed by atoms with Gasteiger partial charge in [-0.25, -0.2) is 0 Å². The van der Waals surface area contributed by atoms with Crippen LogP contribution in [0.2, 0.25) is 0 Å². The molecule has 0 aromatic heterocycles. The lowest BCUT2D eigenvalue weighted by Gasteiger charge is -2.60. The molecule has 4 rings (SSSR count). The zero-order chi connectivity index (χ0) is 15.7. The van der Waals surface area contributed by atoms with Gasteiger partial charge < -0.3 is 0 Å². The average Bonchev–Trinajstić information content (AvgIpc) is 2.78. The van der Waals surface area contributed by atoms with Gasteiger partial charge in [0, 0.05) is 29.4 Å². The molecule has 0 radical (unpaired) electrons. The second-order valence-corrected chi connectivity index (χ2v) is 9.45. The number of rotatable bonds is 0. The Bertz CT molecular complexity index is 530. The number of hydrogen-bond donors (Lipinski definition) is 1. The standard InChI is InChI=1S/C19H28O2S/c1-18-9-8-13-11(12(18)6-7-16(18)21)10-15(20)14-4-3-5-17(22)19(13,14)2/h11-14,17,22H,3-10H2,1-2H3/t11-,12-,13-,14?,17?,18-,19+/m0/s1. The summed E-state index contributed by atoms with van der Waals surface area (Å²) in [6, 6.07) is 0. The van der Waals surface area contributed by atoms with E-state index in [-0.39, 0.29) is 16.7 Å². The number of carbonyl (C=O) groups is 2. The van der Waals surface area contributed by atoms with Crippen molar-refractivity contribution < 1.29 is 9.59 Å². The molecule has 2 nitrogen and oxygen atoms in total. The van der Waals surface area contributed by atoms with Gasteiger partial charge in [-0.2, -0.15) is 12.6 Å². The first-order chi connectivity index (χ1) is 10.4. The molecule has 4 aliphatic carbocycles. The number of thiol groups is 1. The molecule has 122 valence electrons. The van der Waals surface area contributed by atoms with E-state index in [1.807, 2.05) is 0 Å². The van der Waals surface area contributed by atoms with Crippen LogP contribution >= 0.6 is 12.6 Å². The Kier molecular flexibility index (Phi) is 3.35. The van der Waals surface area contributed by atoms with Crippen molar-refractivity contribution in [1.82, 2.24) is 0 Å². The molecule has 0 saturated heterocycles. The van der Waals surface area contributed by atoms with Gasteiger partial charge in [0.1, 0.15) is 11.6 Å². The molecule has 4 saturated carbocycles. The van der Waals surface area contributed by atoms with Crippen LogP contribution in [-0.2, 0) is 9.59 Å². The van der Waals surface area contributed by atoms with Gasteiger partial charge in [0.2, 0.25) is 0 Å². The fraction of sp³-hybridized carbons (Fsp3) is 0.895. The van der Waals surface area contributed by atoms with E-state index < -0.39 is 0 Å². The van der Waals surface area contributed by atoms with E-state index in [9.17, 15) is 9.59 Å². The van der Waals surface area contributed by atoms with Gasteiger partial charge in [-0.05, 0) is 55.3 Å². The third kappa shape index (κ3) is 1.75. The van der Waals surface area contributed by atoms with E-state index >= 15 is 0 Å². The predicted octanol–water partition coefficient (Wildman–Crippen LogP) is 4.08. The average molecular weight is 320 g/mol. The Hall–Kier alpha value is -0.310. The van der Waals surface area contributed by atoms with E-state index in [0.29, 0.717) is 34.6 Å². The molecule has 22 heavy (non-hydrogen) atoms. The maximum atomic E-state index is 12.9. The Morgan fingerprint density at radius 2 is 1.82 bits per heavy atom. The summed E-state index contributed by atoms with van der Waals surface area (Å²) < 4.78 is 0. The number of carbonyl (C=O) groups excluding carboxylic acids is 2. The first-order valence-corrected chi connectivity index (χ1v) is 9.64. The molecule has 0 aromatic carbocycles. The monoisotopic (exact) mass is 320 g/mol. The van der Waals surface area contributed by atoms with Gasteiger partial charge in [0.25, 0.3) is 0 Å². The first kappa shape index (κ1) is 15.2. The Balaban J connectivity index is 1.74. The molecule has 0 amide bonds. The van der Waals surface area contributed by atoms with Gasteiger partial charge in [-0.15, -0.1) is 0 Å². The van der Waals surface area contributed by atoms with Gasteiger partial charge in [-0.3, -0.25) is 9.59 Å². The fourth-order valence-corrected chi connectivity index (χ4v) is 7.43. The lowest BCUT2D eigenvalue weighted by Crippen LogP contribution is -2.59. The van der Waals surface area contributed by atoms with E-state index in [0.717, 1.165) is 51.4 Å². The van der Waals surface area contributed by atoms with E-state index in [1.165, 1.54) is 0 Å². The predicted molar refractivity (Wildman–Crippen MR) is 89.9 cm³/mol. The summed E-state index contributed by atoms with van der Waals surface area (Å²) in [4.78, 5) is 25.3. The van der Waals surface area contributed by atoms with Crippen LogP contribution in [0.5, 0.6) is 0 Å². The van der Waals surface area contributed by atoms with Gasteiger partial charge in [0.15, 0.2) is 0 Å². The summed E-state index contributed by atoms with van der Waals surface area (Å²) >= 11 is 4.94. The Labute approximate surface area is 139 Å². The topological polar surface area (TPSA) is 34.1 Å². The number of Topliss-reactive ketones (excluding diaryl/α,β-unsaturated/α-hetero) is 2. The SMILES string of the molecule is C[C@]12C(S)CCCC1C(=O)C[C@@H]1[C@@H]2CC[C@]2(C)C(=O)CC[C@@H]12. The molecule has 0 heterocycles. The molecule has 2 unspecified atom stereocenters. The number of hydrogen-bond acceptors (Lipinski definition) is 3. The second-order valence-electron chi connectivity index (χ2n) is 8.83. The van der Waals surface area contributed by atoms with Crippen molar-refractivity contribution in [1.29, 1.82) is 0 Å². The summed E-state index contributed by atoms with van der Waals surface area (Å²) in [7, 11) is 0. The van der Waals surface area contributed by atoms with Crippen molar-refractivity contribution >= 4 is 24.2 Å². The molecule has 4 aliphatic rings. The van der Waals surface area contributed by atoms with E-state index in [4.69, 9.17) is 12.6 Å². The van der Waals surface area contributed by atoms with Crippen LogP contribution in [0, 0.1) is 34.5 Å². The summed E-state index contributed by atoms with van der Waals surface area (Å²) in [5.74, 6) is 2.65. The van der Waals surface area contributed by atoms with Crippen LogP contribution in [0.4, 0.5) is 0 Å². The van der Waals surface area contributed by atoms with Crippen LogP contribution in [0.1, 0.15) is 65.2 Å². The van der Waals surface area contributed by atoms with Crippen LogP contribution in [-0.4, -0.2) is 16.8 Å². The Morgan fingerprint density at radius 1 is 1.05 bits per heavy atom. The summed E-state index contributed by atoms with van der Waals surface area (Å²) in [6.07, 6.45) is 8.01. The zero-order valence-corrected chi connectivity index (χ0v) is 14.7. The molecular weight excluding hydrogens is 292 g/mol. The van der Waals surface area contributed by atoms with Crippen molar-refractivity contribution in [3.05, 3.63) is 0 Å². The zero-order valence-electron chi connectivity index (χ0n) is 13.8. The fourth-order valence-electron chi connectivity index (χ4n) is 6.87. The quantitative estimate of drug-likeness (QED) is 0.683. The molecule has 0 spiro atoms. The van der Waals surface area contributed by atoms with Crippen LogP contribution < -0.4 is 0 Å². The molecular formula is C19H28O2S. The van der Waals surface area contributed by atoms with Gasteiger partial charge >= 0.3 is 0 Å². The lowest BCUT2D eigenvalue weighted by atomic mass is 9.45. The van der Waals surface area contributed by atoms with Gasteiger partial charge in [-0.1, -0.05) is 20.3 Å². The van der Waals surface area contributed by atoms with Crippen LogP contribution in [0.25, 0.3) is 0 Å². The second kappa shape index (κ2) is 4.84. The molecule has 4 fully saturated rings. The maximum Gasteiger partial charge on any atom is 0.139 e. The Morgan fingerprint density at radius 3 is 2.59 bits per heavy atom. The highest BCUT2D eigenvalue weighted by atomic mass is 32.1. The van der Waals surface area contributed by atoms with Crippen molar-refractivity contribution in [3.63, 3.8) is 0 Å². The van der Waals surface area contributed by atoms with E-state index in [1.54, 1.807) is 0 Å². The van der Waals surface area contributed by atoms with Gasteiger partial charge in [0.05, 0.1) is 0 Å². The molecule has 7 atom stereocenters. The van der Waals surface area contributed by atoms with Crippen LogP contribution in [0.15, 0.2) is 0 Å². The van der Waals surface area contributed by atoms with Crippen molar-refractivity contribution in [2.45, 2.75) is 70.5 Å². The largest absolute Gasteiger partial charge is 0.299 e. The van der Waals surface area contributed by atoms with Crippen molar-refractivity contribution in [3.8, 4) is 0 Å². The molecule has 0 bridgehead atoms. The van der Waals surface area contributed by atoms with Crippen LogP contribution in [0.3, 0.4) is 0 Å². The van der Waals surface area contributed by atoms with E-state index in [2.05, 4.69) is 13.8 Å². The normalized spacial score (nSPS) is 54.6. The van der Waals surface area contributed by atoms with Crippen molar-refractivity contribution in [2.24, 2.45) is 34.5 Å². The molecule has 0 aromatic rings. The smallest absolute Gasteiger partial charge is 0.139 e. The third-order valence-corrected chi connectivity index (χ3v) is 9.02. The minimum absolute atomic E-state index is 0.0638. The summed E-state index contributed by atoms with van der Waals surface area (Å²) in [5, 5.41) is 0.351. The number of ketones is 2. The molecule has 0 N–H and O–H groups in total. The summed E-state index contributed by atoms with van der Waals surface area (Å²) in [6.45, 7) is 4.53. The maximum absolute atomic E-state index is 12.9. The molecule has 3 heteroatoms. The highest BCUT2D eigenvalue weighted by molar-refractivity contribution is 7.81. The minimum atomic E-state index is -0.134. The highest BCUT2D eigenvalue weighted by Gasteiger charge is 2.63. The molecule has 0 aliphatic heterocycles. The third-order valence-electron chi connectivity index (χ3n) is 8.21. The lowest BCUT2D eigenvalue weighted by molar-refractivity contribution is -0.154. The number of fused-ring (bicyclic) bond motifs is 5. The highest BCUT2D eigenvalue weighted by Crippen LogP contribution is 2.65. The minimum Gasteiger partial charge on any atom is -0.299 e.